The molecule has 1 aromatic heterocycles. The Morgan fingerprint density at radius 3 is 2.53 bits per heavy atom. The molecule has 1 saturated heterocycles. The number of urea groups is 1. The van der Waals surface area contributed by atoms with Crippen LogP contribution in [-0.4, -0.2) is 82.4 Å². The zero-order chi connectivity index (χ0) is 26.9. The highest BCUT2D eigenvalue weighted by Gasteiger charge is 2.55. The number of aromatic amines is 1. The van der Waals surface area contributed by atoms with Crippen molar-refractivity contribution in [2.75, 3.05) is 45.3 Å². The summed E-state index contributed by atoms with van der Waals surface area (Å²) in [6, 6.07) is 10.7. The molecule has 1 spiro atoms. The van der Waals surface area contributed by atoms with E-state index in [1.807, 2.05) is 6.26 Å². The van der Waals surface area contributed by atoms with E-state index in [9.17, 15) is 9.59 Å². The number of hydrogen-bond donors (Lipinski definition) is 2. The van der Waals surface area contributed by atoms with Gasteiger partial charge in [0.05, 0.1) is 5.54 Å². The lowest BCUT2D eigenvalue weighted by Crippen LogP contribution is -2.56. The standard InChI is InChI=1S/C29H38N6O2S/c1-5-23-25(31-32-26(23)38-4)30-24(36)19-34-20-28(35(27(34)37)18-21-10-9-11-21)14-16-29(17-15-28,33(2)3)22-12-7-6-8-13-22/h1,6-8,12-13,21H,9-11,14-20H2,2-4H3,(H2,30,31,32,36)/t28-,29+. The largest absolute Gasteiger partial charge is 0.321 e. The number of hydrogen-bond acceptors (Lipinski definition) is 5. The Morgan fingerprint density at radius 2 is 1.95 bits per heavy atom. The van der Waals surface area contributed by atoms with Crippen LogP contribution in [0.15, 0.2) is 35.4 Å². The predicted molar refractivity (Wildman–Crippen MR) is 151 cm³/mol. The van der Waals surface area contributed by atoms with Crippen LogP contribution in [0.1, 0.15) is 56.1 Å². The van der Waals surface area contributed by atoms with Crippen LogP contribution < -0.4 is 5.32 Å². The minimum atomic E-state index is -0.280. The minimum absolute atomic E-state index is 0.00920. The monoisotopic (exact) mass is 534 g/mol. The number of H-pyrrole nitrogens is 1. The quantitative estimate of drug-likeness (QED) is 0.388. The van der Waals surface area contributed by atoms with Gasteiger partial charge < -0.3 is 15.1 Å². The third-order valence-corrected chi connectivity index (χ3v) is 9.78. The summed E-state index contributed by atoms with van der Waals surface area (Å²) in [6.45, 7) is 1.35. The molecular weight excluding hydrogens is 496 g/mol. The molecule has 1 aliphatic heterocycles. The molecule has 9 heteroatoms. The molecule has 202 valence electrons. The number of carbonyl (C=O) groups excluding carboxylic acids is 2. The first-order valence-electron chi connectivity index (χ1n) is 13.5. The first kappa shape index (κ1) is 26.6. The van der Waals surface area contributed by atoms with E-state index in [4.69, 9.17) is 6.42 Å². The fraction of sp³-hybridized carbons (Fsp3) is 0.552. The molecule has 38 heavy (non-hydrogen) atoms. The summed E-state index contributed by atoms with van der Waals surface area (Å²) in [6.07, 6.45) is 14.9. The first-order valence-corrected chi connectivity index (χ1v) is 14.7. The number of carbonyl (C=O) groups is 2. The van der Waals surface area contributed by atoms with Crippen LogP contribution in [0.4, 0.5) is 10.6 Å². The average Bonchev–Trinajstić information content (AvgIpc) is 3.39. The topological polar surface area (TPSA) is 84.6 Å². The van der Waals surface area contributed by atoms with Gasteiger partial charge in [-0.15, -0.1) is 18.2 Å². The lowest BCUT2D eigenvalue weighted by molar-refractivity contribution is -0.116. The van der Waals surface area contributed by atoms with Gasteiger partial charge in [-0.2, -0.15) is 5.10 Å². The van der Waals surface area contributed by atoms with E-state index in [0.29, 0.717) is 23.8 Å². The van der Waals surface area contributed by atoms with Crippen molar-refractivity contribution in [2.24, 2.45) is 5.92 Å². The van der Waals surface area contributed by atoms with Gasteiger partial charge in [0.1, 0.15) is 17.1 Å². The minimum Gasteiger partial charge on any atom is -0.317 e. The molecule has 3 aliphatic rings. The van der Waals surface area contributed by atoms with Crippen LogP contribution in [0.2, 0.25) is 0 Å². The average molecular weight is 535 g/mol. The van der Waals surface area contributed by atoms with E-state index >= 15 is 0 Å². The summed E-state index contributed by atoms with van der Waals surface area (Å²) in [4.78, 5) is 33.1. The fourth-order valence-electron chi connectivity index (χ4n) is 6.55. The zero-order valence-corrected chi connectivity index (χ0v) is 23.4. The molecule has 2 heterocycles. The van der Waals surface area contributed by atoms with Crippen LogP contribution in [-0.2, 0) is 10.3 Å². The van der Waals surface area contributed by atoms with Crippen molar-refractivity contribution >= 4 is 29.5 Å². The smallest absolute Gasteiger partial charge is 0.317 e. The molecule has 1 aromatic carbocycles. The molecule has 0 bridgehead atoms. The molecule has 3 amide bonds. The highest BCUT2D eigenvalue weighted by atomic mass is 32.2. The Kier molecular flexibility index (Phi) is 7.47. The van der Waals surface area contributed by atoms with E-state index in [1.54, 1.807) is 4.90 Å². The maximum Gasteiger partial charge on any atom is 0.321 e. The molecule has 8 nitrogen and oxygen atoms in total. The second-order valence-corrected chi connectivity index (χ2v) is 12.1. The van der Waals surface area contributed by atoms with Gasteiger partial charge in [-0.1, -0.05) is 42.7 Å². The number of aromatic nitrogens is 2. The van der Waals surface area contributed by atoms with Gasteiger partial charge >= 0.3 is 6.03 Å². The number of thioether (sulfide) groups is 1. The SMILES string of the molecule is C#Cc1c(NC(=O)CN2C[C@]3(CC[C@](c4ccccc4)(N(C)C)CC3)N(CC3CCC3)C2=O)n[nH]c1SC. The fourth-order valence-corrected chi connectivity index (χ4v) is 7.05. The van der Waals surface area contributed by atoms with Crippen LogP contribution in [0, 0.1) is 18.3 Å². The second-order valence-electron chi connectivity index (χ2n) is 11.2. The van der Waals surface area contributed by atoms with Crippen molar-refractivity contribution in [1.29, 1.82) is 0 Å². The Labute approximate surface area is 229 Å². The van der Waals surface area contributed by atoms with Crippen molar-refractivity contribution in [2.45, 2.75) is 61.0 Å². The Bertz CT molecular complexity index is 1210. The molecule has 0 atom stereocenters. The third-order valence-electron chi connectivity index (χ3n) is 9.07. The van der Waals surface area contributed by atoms with Gasteiger partial charge in [0.25, 0.3) is 0 Å². The van der Waals surface area contributed by atoms with E-state index in [-0.39, 0.29) is 29.6 Å². The Morgan fingerprint density at radius 1 is 1.24 bits per heavy atom. The summed E-state index contributed by atoms with van der Waals surface area (Å²) < 4.78 is 0. The Balaban J connectivity index is 1.34. The van der Waals surface area contributed by atoms with Crippen LogP contribution in [0.5, 0.6) is 0 Å². The summed E-state index contributed by atoms with van der Waals surface area (Å²) >= 11 is 1.44. The number of rotatable bonds is 8. The molecule has 5 rings (SSSR count). The number of nitrogens with zero attached hydrogens (tertiary/aromatic N) is 4. The second kappa shape index (κ2) is 10.7. The molecule has 3 fully saturated rings. The molecule has 0 radical (unpaired) electrons. The van der Waals surface area contributed by atoms with Gasteiger partial charge in [-0.3, -0.25) is 14.8 Å². The summed E-state index contributed by atoms with van der Waals surface area (Å²) in [5.74, 6) is 3.22. The van der Waals surface area contributed by atoms with Crippen molar-refractivity contribution in [3.05, 3.63) is 41.5 Å². The highest BCUT2D eigenvalue weighted by Crippen LogP contribution is 2.49. The van der Waals surface area contributed by atoms with Crippen LogP contribution >= 0.6 is 11.8 Å². The number of benzene rings is 1. The highest BCUT2D eigenvalue weighted by molar-refractivity contribution is 7.98. The molecule has 2 saturated carbocycles. The third kappa shape index (κ3) is 4.69. The van der Waals surface area contributed by atoms with E-state index in [0.717, 1.165) is 37.3 Å². The summed E-state index contributed by atoms with van der Waals surface area (Å²) in [7, 11) is 4.32. The normalized spacial score (nSPS) is 25.6. The number of terminal acetylenes is 1. The van der Waals surface area contributed by atoms with Gasteiger partial charge in [0.15, 0.2) is 5.82 Å². The van der Waals surface area contributed by atoms with E-state index in [2.05, 4.69) is 75.7 Å². The van der Waals surface area contributed by atoms with Crippen molar-refractivity contribution in [3.63, 3.8) is 0 Å². The molecule has 2 aromatic rings. The van der Waals surface area contributed by atoms with E-state index in [1.165, 1.54) is 36.6 Å². The van der Waals surface area contributed by atoms with Crippen LogP contribution in [0.25, 0.3) is 0 Å². The predicted octanol–water partition coefficient (Wildman–Crippen LogP) is 4.36. The first-order chi connectivity index (χ1) is 18.3. The van der Waals surface area contributed by atoms with Gasteiger partial charge in [-0.25, -0.2) is 4.79 Å². The molecular formula is C29H38N6O2S. The molecule has 0 unspecified atom stereocenters. The van der Waals surface area contributed by atoms with Crippen molar-refractivity contribution in [3.8, 4) is 12.3 Å². The van der Waals surface area contributed by atoms with Gasteiger partial charge in [-0.05, 0) is 70.4 Å². The van der Waals surface area contributed by atoms with Gasteiger partial charge in [0, 0.05) is 18.6 Å². The summed E-state index contributed by atoms with van der Waals surface area (Å²) in [5, 5.41) is 10.6. The Hall–Kier alpha value is -2.96. The lowest BCUT2D eigenvalue weighted by atomic mass is 9.68. The number of amides is 3. The maximum atomic E-state index is 13.8. The number of anilines is 1. The van der Waals surface area contributed by atoms with Gasteiger partial charge in [0.2, 0.25) is 5.91 Å². The maximum absolute atomic E-state index is 13.8. The van der Waals surface area contributed by atoms with Crippen LogP contribution in [0.3, 0.4) is 0 Å². The number of nitrogens with one attached hydrogen (secondary N) is 2. The van der Waals surface area contributed by atoms with Crippen molar-refractivity contribution < 1.29 is 9.59 Å². The lowest BCUT2D eigenvalue weighted by Gasteiger charge is -2.51. The van der Waals surface area contributed by atoms with E-state index < -0.39 is 0 Å². The zero-order valence-electron chi connectivity index (χ0n) is 22.6. The van der Waals surface area contributed by atoms with Crippen molar-refractivity contribution in [1.82, 2.24) is 24.9 Å². The summed E-state index contributed by atoms with van der Waals surface area (Å²) in [5.41, 5.74) is 1.57. The molecule has 2 N–H and O–H groups in total. The molecule has 2 aliphatic carbocycles.